The standard InChI is InChI=1S/C40H64N4O9/c1-14-31-40(8)34(44(38(48)53-40)41-22-28-15-17-29(18-16-28)42(9)10)27(6)32(45)25(4)21-39(7,49-13)35(23(2)19-24(3)36(47)51-31)52-37-33(46)30(43(11)12)20-26(5)50-37/h15-19,23,25-27,30-31,33-35,37,41,46H,14,20-22H2,1-13H3/b24-19+/t23-,25+,26+,27-,30-,31+,33+,34+,35+,37-,39+,40+/m0/s1. The van der Waals surface area contributed by atoms with Crippen molar-refractivity contribution in [3.63, 3.8) is 0 Å². The van der Waals surface area contributed by atoms with Gasteiger partial charge >= 0.3 is 12.1 Å². The summed E-state index contributed by atoms with van der Waals surface area (Å²) < 4.78 is 31.4. The molecule has 0 bridgehead atoms. The second-order valence-corrected chi connectivity index (χ2v) is 16.2. The highest BCUT2D eigenvalue weighted by atomic mass is 16.7. The van der Waals surface area contributed by atoms with Crippen LogP contribution in [0.15, 0.2) is 35.9 Å². The summed E-state index contributed by atoms with van der Waals surface area (Å²) in [5, 5.41) is 12.8. The molecule has 12 atom stereocenters. The van der Waals surface area contributed by atoms with E-state index in [2.05, 4.69) is 5.43 Å². The topological polar surface area (TPSA) is 139 Å². The van der Waals surface area contributed by atoms with Crippen LogP contribution in [0.2, 0.25) is 0 Å². The average molecular weight is 745 g/mol. The first-order chi connectivity index (χ1) is 24.8. The molecule has 2 N–H and O–H groups in total. The van der Waals surface area contributed by atoms with Gasteiger partial charge in [0.1, 0.15) is 24.0 Å². The van der Waals surface area contributed by atoms with E-state index in [1.165, 1.54) is 5.01 Å². The van der Waals surface area contributed by atoms with E-state index in [4.69, 9.17) is 23.7 Å². The number of aliphatic hydroxyl groups is 1. The van der Waals surface area contributed by atoms with Crippen LogP contribution in [0.1, 0.15) is 80.2 Å². The van der Waals surface area contributed by atoms with Gasteiger partial charge in [-0.25, -0.2) is 20.0 Å². The first-order valence-corrected chi connectivity index (χ1v) is 18.9. The second-order valence-electron chi connectivity index (χ2n) is 16.2. The third kappa shape index (κ3) is 9.08. The molecule has 0 aliphatic carbocycles. The number of carbonyl (C=O) groups excluding carboxylic acids is 3. The Bertz CT molecular complexity index is 1470. The smallest absolute Gasteiger partial charge is 0.425 e. The quantitative estimate of drug-likeness (QED) is 0.339. The zero-order chi connectivity index (χ0) is 39.6. The monoisotopic (exact) mass is 744 g/mol. The maximum atomic E-state index is 14.6. The number of methoxy groups -OCH3 is 1. The highest BCUT2D eigenvalue weighted by Gasteiger charge is 2.60. The summed E-state index contributed by atoms with van der Waals surface area (Å²) in [6.45, 7) is 15.0. The van der Waals surface area contributed by atoms with E-state index in [0.29, 0.717) is 25.0 Å². The van der Waals surface area contributed by atoms with Crippen molar-refractivity contribution in [1.82, 2.24) is 15.3 Å². The number of fused-ring (bicyclic) bond motifs is 1. The number of esters is 1. The first-order valence-electron chi connectivity index (χ1n) is 18.9. The second kappa shape index (κ2) is 17.2. The van der Waals surface area contributed by atoms with Crippen LogP contribution in [-0.4, -0.2) is 122 Å². The Morgan fingerprint density at radius 2 is 1.68 bits per heavy atom. The molecule has 2 fully saturated rings. The molecule has 1 amide bonds. The lowest BCUT2D eigenvalue weighted by Gasteiger charge is -2.46. The molecule has 1 aromatic carbocycles. The molecule has 2 saturated heterocycles. The minimum absolute atomic E-state index is 0.114. The number of rotatable bonds is 9. The van der Waals surface area contributed by atoms with E-state index >= 15 is 0 Å². The Balaban J connectivity index is 1.74. The summed E-state index contributed by atoms with van der Waals surface area (Å²) in [7, 11) is 9.33. The molecule has 0 spiro atoms. The van der Waals surface area contributed by atoms with Crippen LogP contribution in [0, 0.1) is 17.8 Å². The Hall–Kier alpha value is -3.07. The van der Waals surface area contributed by atoms with E-state index < -0.39 is 71.7 Å². The van der Waals surface area contributed by atoms with Gasteiger partial charge < -0.3 is 38.6 Å². The maximum Gasteiger partial charge on any atom is 0.425 e. The van der Waals surface area contributed by atoms with E-state index in [-0.39, 0.29) is 24.3 Å². The fraction of sp³-hybridized carbons (Fsp3) is 0.725. The van der Waals surface area contributed by atoms with Gasteiger partial charge in [-0.3, -0.25) is 4.79 Å². The van der Waals surface area contributed by atoms with E-state index in [1.54, 1.807) is 34.0 Å². The number of ether oxygens (including phenoxy) is 5. The molecule has 1 aromatic rings. The van der Waals surface area contributed by atoms with Gasteiger partial charge in [-0.1, -0.05) is 45.9 Å². The predicted molar refractivity (Wildman–Crippen MR) is 202 cm³/mol. The van der Waals surface area contributed by atoms with Crippen molar-refractivity contribution in [1.29, 1.82) is 0 Å². The SMILES string of the molecule is CC[C@H]1OC(=O)/C(C)=C/[C@H](C)[C@@H](O[C@@H]2O[C@H](C)C[C@H](N(C)C)[C@H]2O)[C@](C)(OC)C[C@@H](C)C(=O)[C@H](C)[C@H]2N(NCc3ccc(N(C)C)cc3)C(=O)O[C@]12C. The molecule has 0 saturated carbocycles. The van der Waals surface area contributed by atoms with Crippen molar-refractivity contribution in [2.45, 2.75) is 135 Å². The number of ketones is 1. The van der Waals surface area contributed by atoms with Crippen molar-refractivity contribution < 1.29 is 43.2 Å². The lowest BCUT2D eigenvalue weighted by molar-refractivity contribution is -0.294. The van der Waals surface area contributed by atoms with Gasteiger partial charge in [0.15, 0.2) is 11.9 Å². The van der Waals surface area contributed by atoms with Gasteiger partial charge in [0.25, 0.3) is 0 Å². The van der Waals surface area contributed by atoms with E-state index in [0.717, 1.165) is 11.3 Å². The van der Waals surface area contributed by atoms with Gasteiger partial charge in [0, 0.05) is 62.8 Å². The average Bonchev–Trinajstić information content (AvgIpc) is 3.37. The number of amides is 1. The minimum Gasteiger partial charge on any atom is -0.455 e. The number of nitrogens with one attached hydrogen (secondary N) is 1. The van der Waals surface area contributed by atoms with E-state index in [9.17, 15) is 19.5 Å². The molecule has 13 nitrogen and oxygen atoms in total. The molecule has 3 aliphatic rings. The Labute approximate surface area is 316 Å². The number of likely N-dealkylation sites (N-methyl/N-ethyl adjacent to an activating group) is 1. The number of nitrogens with zero attached hydrogens (tertiary/aromatic N) is 3. The molecule has 3 heterocycles. The molecule has 4 rings (SSSR count). The summed E-state index contributed by atoms with van der Waals surface area (Å²) in [4.78, 5) is 46.2. The van der Waals surface area contributed by atoms with Crippen molar-refractivity contribution in [2.75, 3.05) is 40.2 Å². The van der Waals surface area contributed by atoms with Crippen LogP contribution < -0.4 is 10.3 Å². The lowest BCUT2D eigenvalue weighted by atomic mass is 9.74. The van der Waals surface area contributed by atoms with E-state index in [1.807, 2.05) is 96.9 Å². The third-order valence-electron chi connectivity index (χ3n) is 11.6. The third-order valence-corrected chi connectivity index (χ3v) is 11.6. The first kappa shape index (κ1) is 42.7. The van der Waals surface area contributed by atoms with Gasteiger partial charge in [-0.15, -0.1) is 0 Å². The van der Waals surface area contributed by atoms with Crippen molar-refractivity contribution in [2.24, 2.45) is 17.8 Å². The molecule has 53 heavy (non-hydrogen) atoms. The Morgan fingerprint density at radius 3 is 2.25 bits per heavy atom. The van der Waals surface area contributed by atoms with Crippen molar-refractivity contribution >= 4 is 23.5 Å². The van der Waals surface area contributed by atoms with Gasteiger partial charge in [0.2, 0.25) is 0 Å². The summed E-state index contributed by atoms with van der Waals surface area (Å²) >= 11 is 0. The number of hydrazine groups is 1. The number of carbonyl (C=O) groups is 3. The molecule has 0 aromatic heterocycles. The fourth-order valence-corrected chi connectivity index (χ4v) is 8.52. The highest BCUT2D eigenvalue weighted by molar-refractivity contribution is 5.88. The molecular formula is C40H64N4O9. The summed E-state index contributed by atoms with van der Waals surface area (Å²) in [5.41, 5.74) is 3.11. The zero-order valence-corrected chi connectivity index (χ0v) is 34.0. The zero-order valence-electron chi connectivity index (χ0n) is 34.0. The summed E-state index contributed by atoms with van der Waals surface area (Å²) in [6, 6.07) is 6.91. The number of hydrogen-bond acceptors (Lipinski definition) is 12. The molecule has 298 valence electrons. The molecule has 0 unspecified atom stereocenters. The Morgan fingerprint density at radius 1 is 1.04 bits per heavy atom. The molecule has 0 radical (unpaired) electrons. The van der Waals surface area contributed by atoms with Crippen molar-refractivity contribution in [3.8, 4) is 0 Å². The summed E-state index contributed by atoms with van der Waals surface area (Å²) in [5.74, 6) is -2.45. The van der Waals surface area contributed by atoms with Crippen LogP contribution in [0.25, 0.3) is 0 Å². The predicted octanol–water partition coefficient (Wildman–Crippen LogP) is 4.70. The van der Waals surface area contributed by atoms with Gasteiger partial charge in [0.05, 0.1) is 17.8 Å². The van der Waals surface area contributed by atoms with Crippen LogP contribution in [0.3, 0.4) is 0 Å². The number of benzene rings is 1. The maximum absolute atomic E-state index is 14.6. The van der Waals surface area contributed by atoms with Crippen LogP contribution in [-0.2, 0) is 39.8 Å². The van der Waals surface area contributed by atoms with Gasteiger partial charge in [-0.2, -0.15) is 0 Å². The lowest BCUT2D eigenvalue weighted by Crippen LogP contribution is -2.60. The summed E-state index contributed by atoms with van der Waals surface area (Å²) in [6.07, 6.45) is -1.41. The van der Waals surface area contributed by atoms with Crippen LogP contribution in [0.4, 0.5) is 10.5 Å². The minimum atomic E-state index is -1.36. The number of cyclic esters (lactones) is 1. The molecule has 13 heteroatoms. The molecular weight excluding hydrogens is 680 g/mol. The number of Topliss-reactive ketones (excluding diaryl/α,β-unsaturated/α-hetero) is 1. The van der Waals surface area contributed by atoms with Crippen LogP contribution >= 0.6 is 0 Å². The number of aliphatic hydroxyl groups excluding tert-OH is 1. The van der Waals surface area contributed by atoms with Crippen molar-refractivity contribution in [3.05, 3.63) is 41.5 Å². The molecule has 3 aliphatic heterocycles. The largest absolute Gasteiger partial charge is 0.455 e. The van der Waals surface area contributed by atoms with Crippen LogP contribution in [0.5, 0.6) is 0 Å². The normalized spacial score (nSPS) is 38.4. The fourth-order valence-electron chi connectivity index (χ4n) is 8.52. The highest BCUT2D eigenvalue weighted by Crippen LogP contribution is 2.42. The Kier molecular flexibility index (Phi) is 13.8. The number of hydrogen-bond donors (Lipinski definition) is 2. The number of anilines is 1. The van der Waals surface area contributed by atoms with Gasteiger partial charge in [-0.05, 0) is 78.7 Å².